The van der Waals surface area contributed by atoms with Gasteiger partial charge in [-0.2, -0.15) is 0 Å². The Morgan fingerprint density at radius 2 is 1.84 bits per heavy atom. The number of anilines is 4. The average molecular weight is 585 g/mol. The van der Waals surface area contributed by atoms with Crippen LogP contribution >= 0.6 is 0 Å². The number of allylic oxidation sites excluding steroid dienone is 1. The van der Waals surface area contributed by atoms with Crippen LogP contribution in [0.1, 0.15) is 39.3 Å². The fraction of sp³-hybridized carbons (Fsp3) is 0.278. The van der Waals surface area contributed by atoms with E-state index in [-0.39, 0.29) is 0 Å². The van der Waals surface area contributed by atoms with Gasteiger partial charge in [0.25, 0.3) is 0 Å². The van der Waals surface area contributed by atoms with E-state index in [0.29, 0.717) is 0 Å². The topological polar surface area (TPSA) is 85.3 Å². The zero-order valence-electron chi connectivity index (χ0n) is 26.3. The molecule has 0 atom stereocenters. The predicted octanol–water partition coefficient (Wildman–Crippen LogP) is 8.20. The second-order valence-electron chi connectivity index (χ2n) is 11.7. The van der Waals surface area contributed by atoms with Gasteiger partial charge in [0, 0.05) is 72.7 Å². The van der Waals surface area contributed by atoms with Gasteiger partial charge in [0.05, 0.1) is 28.4 Å². The summed E-state index contributed by atoms with van der Waals surface area (Å²) < 4.78 is 0. The van der Waals surface area contributed by atoms with Gasteiger partial charge in [-0.25, -0.2) is 4.98 Å². The number of aliphatic imine (C=N–C) groups is 1. The maximum atomic E-state index is 4.89. The largest absolute Gasteiger partial charge is 0.368 e. The molecule has 0 fully saturated rings. The van der Waals surface area contributed by atoms with Gasteiger partial charge in [-0.05, 0) is 87.9 Å². The summed E-state index contributed by atoms with van der Waals surface area (Å²) in [6, 6.07) is 19.0. The van der Waals surface area contributed by atoms with Gasteiger partial charge in [0.1, 0.15) is 5.69 Å². The SMILES string of the molecule is C=C(C)CN(CCC)c1ccc2nc(C)cc(Nc3ccc(-c4nc5cc(N(C)C6=CC(C)=NCC6)ccc5[nH]4)nc3)c2c1. The molecular formula is C36H40N8. The lowest BCUT2D eigenvalue weighted by Crippen LogP contribution is -2.25. The minimum Gasteiger partial charge on any atom is -0.368 e. The highest BCUT2D eigenvalue weighted by molar-refractivity contribution is 5.96. The first-order valence-electron chi connectivity index (χ1n) is 15.3. The number of aryl methyl sites for hydroxylation is 1. The fourth-order valence-corrected chi connectivity index (χ4v) is 5.77. The Morgan fingerprint density at radius 1 is 1.00 bits per heavy atom. The number of H-pyrrole nitrogens is 1. The number of rotatable bonds is 10. The van der Waals surface area contributed by atoms with Crippen LogP contribution in [0.15, 0.2) is 89.7 Å². The molecule has 0 saturated heterocycles. The lowest BCUT2D eigenvalue weighted by Gasteiger charge is -2.25. The molecule has 5 aromatic rings. The van der Waals surface area contributed by atoms with Crippen molar-refractivity contribution < 1.29 is 0 Å². The maximum absolute atomic E-state index is 4.89. The Labute approximate surface area is 259 Å². The molecule has 0 amide bonds. The number of nitrogens with one attached hydrogen (secondary N) is 2. The van der Waals surface area contributed by atoms with Crippen LogP contribution in [0.2, 0.25) is 0 Å². The van der Waals surface area contributed by atoms with Gasteiger partial charge in [-0.3, -0.25) is 15.0 Å². The van der Waals surface area contributed by atoms with Crippen molar-refractivity contribution in [2.45, 2.75) is 40.5 Å². The van der Waals surface area contributed by atoms with Crippen LogP contribution in [0.25, 0.3) is 33.5 Å². The van der Waals surface area contributed by atoms with E-state index in [1.54, 1.807) is 0 Å². The number of nitrogens with zero attached hydrogens (tertiary/aromatic N) is 6. The van der Waals surface area contributed by atoms with E-state index in [9.17, 15) is 0 Å². The third-order valence-electron chi connectivity index (χ3n) is 7.91. The third-order valence-corrected chi connectivity index (χ3v) is 7.91. The van der Waals surface area contributed by atoms with Crippen molar-refractivity contribution in [3.63, 3.8) is 0 Å². The minimum absolute atomic E-state index is 0.745. The van der Waals surface area contributed by atoms with Crippen molar-refractivity contribution in [2.75, 3.05) is 41.8 Å². The van der Waals surface area contributed by atoms with Crippen LogP contribution in [0.4, 0.5) is 22.7 Å². The summed E-state index contributed by atoms with van der Waals surface area (Å²) in [6.45, 7) is 15.1. The zero-order chi connectivity index (χ0) is 30.8. The Balaban J connectivity index is 1.24. The number of aromatic nitrogens is 4. The van der Waals surface area contributed by atoms with Crippen molar-refractivity contribution >= 4 is 50.4 Å². The van der Waals surface area contributed by atoms with E-state index in [1.165, 1.54) is 11.4 Å². The van der Waals surface area contributed by atoms with Crippen LogP contribution in [0.3, 0.4) is 0 Å². The number of pyridine rings is 2. The van der Waals surface area contributed by atoms with Gasteiger partial charge < -0.3 is 20.1 Å². The summed E-state index contributed by atoms with van der Waals surface area (Å²) in [7, 11) is 2.10. The molecule has 3 aromatic heterocycles. The van der Waals surface area contributed by atoms with Crippen LogP contribution < -0.4 is 15.1 Å². The number of benzene rings is 2. The molecule has 2 N–H and O–H groups in total. The molecule has 6 rings (SSSR count). The smallest absolute Gasteiger partial charge is 0.157 e. The normalized spacial score (nSPS) is 13.1. The summed E-state index contributed by atoms with van der Waals surface area (Å²) >= 11 is 0. The molecule has 8 heteroatoms. The lowest BCUT2D eigenvalue weighted by molar-refractivity contribution is 0.802. The van der Waals surface area contributed by atoms with E-state index >= 15 is 0 Å². The monoisotopic (exact) mass is 584 g/mol. The first-order valence-corrected chi connectivity index (χ1v) is 15.3. The first kappa shape index (κ1) is 29.1. The van der Waals surface area contributed by atoms with Gasteiger partial charge in [-0.1, -0.05) is 19.1 Å². The quantitative estimate of drug-likeness (QED) is 0.161. The van der Waals surface area contributed by atoms with Crippen molar-refractivity contribution in [1.29, 1.82) is 0 Å². The lowest BCUT2D eigenvalue weighted by atomic mass is 10.1. The highest BCUT2D eigenvalue weighted by Gasteiger charge is 2.14. The Bertz CT molecular complexity index is 1900. The van der Waals surface area contributed by atoms with E-state index in [0.717, 1.165) is 100.0 Å². The number of aromatic amines is 1. The zero-order valence-corrected chi connectivity index (χ0v) is 26.3. The van der Waals surface area contributed by atoms with Crippen molar-refractivity contribution in [1.82, 2.24) is 19.9 Å². The predicted molar refractivity (Wildman–Crippen MR) is 185 cm³/mol. The van der Waals surface area contributed by atoms with E-state index in [4.69, 9.17) is 15.0 Å². The van der Waals surface area contributed by atoms with Crippen LogP contribution in [-0.4, -0.2) is 52.3 Å². The van der Waals surface area contributed by atoms with E-state index < -0.39 is 0 Å². The van der Waals surface area contributed by atoms with Crippen molar-refractivity contribution in [3.05, 3.63) is 90.4 Å². The third kappa shape index (κ3) is 6.20. The first-order chi connectivity index (χ1) is 21.3. The number of hydrogen-bond donors (Lipinski definition) is 2. The Kier molecular flexibility index (Phi) is 8.15. The molecule has 0 bridgehead atoms. The summed E-state index contributed by atoms with van der Waals surface area (Å²) in [6.07, 6.45) is 6.02. The molecule has 8 nitrogen and oxygen atoms in total. The standard InChI is InChI=1S/C36H40N8/c1-7-16-44(22-23(2)3)29-10-12-31-30(19-29)34(18-25(5)39-31)40-26-8-11-33(38-21-26)36-41-32-13-9-27(20-35(32)42-36)43(6)28-14-15-37-24(4)17-28/h8-13,17-21H,2,7,14-16,22H2,1,3-6H3,(H,39,40)(H,41,42). The molecule has 1 aliphatic heterocycles. The van der Waals surface area contributed by atoms with Gasteiger partial charge in [0.2, 0.25) is 0 Å². The molecule has 0 saturated carbocycles. The van der Waals surface area contributed by atoms with Crippen LogP contribution in [-0.2, 0) is 0 Å². The summed E-state index contributed by atoms with van der Waals surface area (Å²) in [4.78, 5) is 27.0. The molecule has 44 heavy (non-hydrogen) atoms. The second-order valence-corrected chi connectivity index (χ2v) is 11.7. The highest BCUT2D eigenvalue weighted by Crippen LogP contribution is 2.31. The average Bonchev–Trinajstić information content (AvgIpc) is 3.44. The van der Waals surface area contributed by atoms with Crippen molar-refractivity contribution in [2.24, 2.45) is 4.99 Å². The van der Waals surface area contributed by atoms with Gasteiger partial charge >= 0.3 is 0 Å². The molecular weight excluding hydrogens is 544 g/mol. The van der Waals surface area contributed by atoms with E-state index in [2.05, 4.69) is 101 Å². The molecule has 4 heterocycles. The molecule has 224 valence electrons. The molecule has 2 aromatic carbocycles. The molecule has 1 aliphatic rings. The fourth-order valence-electron chi connectivity index (χ4n) is 5.77. The number of dihydropyridines is 1. The van der Waals surface area contributed by atoms with Gasteiger partial charge in [-0.15, -0.1) is 0 Å². The minimum atomic E-state index is 0.745. The van der Waals surface area contributed by atoms with Crippen molar-refractivity contribution in [3.8, 4) is 11.5 Å². The highest BCUT2D eigenvalue weighted by atomic mass is 15.1. The molecule has 0 spiro atoms. The van der Waals surface area contributed by atoms with E-state index in [1.807, 2.05) is 32.2 Å². The summed E-state index contributed by atoms with van der Waals surface area (Å²) in [5, 5.41) is 4.67. The molecule has 0 aliphatic carbocycles. The molecule has 0 unspecified atom stereocenters. The number of hydrogen-bond acceptors (Lipinski definition) is 7. The Morgan fingerprint density at radius 3 is 2.59 bits per heavy atom. The van der Waals surface area contributed by atoms with Crippen LogP contribution in [0, 0.1) is 6.92 Å². The summed E-state index contributed by atoms with van der Waals surface area (Å²) in [5.74, 6) is 0.745. The number of imidazole rings is 1. The number of fused-ring (bicyclic) bond motifs is 2. The second kappa shape index (κ2) is 12.3. The maximum Gasteiger partial charge on any atom is 0.157 e. The Hall–Kier alpha value is -4.98. The van der Waals surface area contributed by atoms with Gasteiger partial charge in [0.15, 0.2) is 5.82 Å². The van der Waals surface area contributed by atoms with Crippen LogP contribution in [0.5, 0.6) is 0 Å². The molecule has 0 radical (unpaired) electrons. The summed E-state index contributed by atoms with van der Waals surface area (Å²) in [5.41, 5.74) is 12.2.